The number of carbonyl (C=O) groups excluding carboxylic acids is 2. The minimum Gasteiger partial charge on any atom is -0.482 e. The van der Waals surface area contributed by atoms with Crippen LogP contribution in [-0.4, -0.2) is 34.0 Å². The van der Waals surface area contributed by atoms with E-state index in [1.807, 2.05) is 4.72 Å². The summed E-state index contributed by atoms with van der Waals surface area (Å²) < 4.78 is 36.0. The number of sulfonamides is 1. The summed E-state index contributed by atoms with van der Waals surface area (Å²) in [6.07, 6.45) is 0. The average molecular weight is 369 g/mol. The lowest BCUT2D eigenvalue weighted by Crippen LogP contribution is -2.30. The molecule has 0 bridgehead atoms. The van der Waals surface area contributed by atoms with Crippen molar-refractivity contribution < 1.29 is 27.5 Å². The van der Waals surface area contributed by atoms with Crippen molar-refractivity contribution in [1.82, 2.24) is 4.72 Å². The second-order valence-corrected chi connectivity index (χ2v) is 7.89. The number of nitrogens with one attached hydrogen (secondary N) is 1. The molecule has 1 aromatic heterocycles. The summed E-state index contributed by atoms with van der Waals surface area (Å²) in [5.74, 6) is -1.11. The number of amides is 1. The SMILES string of the molecule is COC(=O)COc1cccc(C(=O)NS(=O)(=O)c2ccc(C)s2)c1. The van der Waals surface area contributed by atoms with Gasteiger partial charge in [0.15, 0.2) is 6.61 Å². The maximum Gasteiger partial charge on any atom is 0.343 e. The second-order valence-electron chi connectivity index (χ2n) is 4.69. The van der Waals surface area contributed by atoms with E-state index in [4.69, 9.17) is 4.74 Å². The Kier molecular flexibility index (Phi) is 5.58. The summed E-state index contributed by atoms with van der Waals surface area (Å²) in [5.41, 5.74) is 0.0919. The summed E-state index contributed by atoms with van der Waals surface area (Å²) in [6, 6.07) is 8.93. The van der Waals surface area contributed by atoms with Crippen LogP contribution in [0.15, 0.2) is 40.6 Å². The van der Waals surface area contributed by atoms with Gasteiger partial charge in [-0.05, 0) is 37.3 Å². The van der Waals surface area contributed by atoms with Crippen LogP contribution in [0.5, 0.6) is 5.75 Å². The molecule has 0 aliphatic heterocycles. The molecule has 0 saturated carbocycles. The van der Waals surface area contributed by atoms with Gasteiger partial charge in [0.1, 0.15) is 9.96 Å². The Labute approximate surface area is 143 Å². The van der Waals surface area contributed by atoms with Crippen molar-refractivity contribution in [2.75, 3.05) is 13.7 Å². The molecule has 7 nitrogen and oxygen atoms in total. The third-order valence-electron chi connectivity index (χ3n) is 2.89. The number of esters is 1. The number of rotatable bonds is 6. The zero-order valence-electron chi connectivity index (χ0n) is 12.9. The Hall–Kier alpha value is -2.39. The van der Waals surface area contributed by atoms with Gasteiger partial charge in [-0.1, -0.05) is 6.07 Å². The molecule has 0 unspecified atom stereocenters. The van der Waals surface area contributed by atoms with E-state index >= 15 is 0 Å². The molecule has 1 amide bonds. The lowest BCUT2D eigenvalue weighted by Gasteiger charge is -2.08. The Bertz CT molecular complexity index is 856. The van der Waals surface area contributed by atoms with Crippen LogP contribution >= 0.6 is 11.3 Å². The standard InChI is InChI=1S/C15H15NO6S2/c1-10-6-7-14(23-10)24(19,20)16-15(18)11-4-3-5-12(8-11)22-9-13(17)21-2/h3-8H,9H2,1-2H3,(H,16,18). The number of methoxy groups -OCH3 is 1. The van der Waals surface area contributed by atoms with Crippen molar-refractivity contribution in [3.05, 3.63) is 46.8 Å². The van der Waals surface area contributed by atoms with Crippen LogP contribution < -0.4 is 9.46 Å². The molecule has 2 rings (SSSR count). The molecule has 2 aromatic rings. The zero-order valence-corrected chi connectivity index (χ0v) is 14.6. The third kappa shape index (κ3) is 4.56. The number of benzene rings is 1. The summed E-state index contributed by atoms with van der Waals surface area (Å²) >= 11 is 1.07. The van der Waals surface area contributed by atoms with Gasteiger partial charge < -0.3 is 9.47 Å². The Balaban J connectivity index is 2.11. The molecule has 0 atom stereocenters. The highest BCUT2D eigenvalue weighted by molar-refractivity contribution is 7.92. The van der Waals surface area contributed by atoms with Gasteiger partial charge in [-0.15, -0.1) is 11.3 Å². The number of hydrogen-bond acceptors (Lipinski definition) is 7. The number of ether oxygens (including phenoxy) is 2. The fraction of sp³-hybridized carbons (Fsp3) is 0.200. The van der Waals surface area contributed by atoms with Crippen LogP contribution in [0, 0.1) is 6.92 Å². The van der Waals surface area contributed by atoms with Crippen LogP contribution in [-0.2, 0) is 19.6 Å². The predicted molar refractivity (Wildman–Crippen MR) is 87.7 cm³/mol. The minimum absolute atomic E-state index is 0.0615. The van der Waals surface area contributed by atoms with Crippen molar-refractivity contribution in [2.45, 2.75) is 11.1 Å². The first-order valence-electron chi connectivity index (χ1n) is 6.75. The molecular formula is C15H15NO6S2. The van der Waals surface area contributed by atoms with Crippen LogP contribution in [0.25, 0.3) is 0 Å². The quantitative estimate of drug-likeness (QED) is 0.779. The van der Waals surface area contributed by atoms with Crippen molar-refractivity contribution in [1.29, 1.82) is 0 Å². The Morgan fingerprint density at radius 1 is 1.21 bits per heavy atom. The highest BCUT2D eigenvalue weighted by atomic mass is 32.2. The highest BCUT2D eigenvalue weighted by Gasteiger charge is 2.20. The van der Waals surface area contributed by atoms with E-state index in [1.165, 1.54) is 37.4 Å². The van der Waals surface area contributed by atoms with Crippen LogP contribution in [0.3, 0.4) is 0 Å². The van der Waals surface area contributed by atoms with E-state index in [2.05, 4.69) is 4.74 Å². The normalized spacial score (nSPS) is 10.9. The molecule has 0 aliphatic carbocycles. The Morgan fingerprint density at radius 2 is 1.96 bits per heavy atom. The highest BCUT2D eigenvalue weighted by Crippen LogP contribution is 2.21. The van der Waals surface area contributed by atoms with Gasteiger partial charge >= 0.3 is 5.97 Å². The van der Waals surface area contributed by atoms with E-state index in [0.717, 1.165) is 16.2 Å². The molecule has 0 radical (unpaired) electrons. The molecule has 1 heterocycles. The summed E-state index contributed by atoms with van der Waals surface area (Å²) in [7, 11) is -2.70. The molecule has 0 fully saturated rings. The van der Waals surface area contributed by atoms with Gasteiger partial charge in [0.2, 0.25) is 0 Å². The number of thiophene rings is 1. The molecule has 0 spiro atoms. The fourth-order valence-electron chi connectivity index (χ4n) is 1.72. The number of aryl methyl sites for hydroxylation is 1. The van der Waals surface area contributed by atoms with Crippen molar-refractivity contribution >= 4 is 33.2 Å². The lowest BCUT2D eigenvalue weighted by atomic mass is 10.2. The molecule has 1 aromatic carbocycles. The molecular weight excluding hydrogens is 354 g/mol. The van der Waals surface area contributed by atoms with E-state index < -0.39 is 21.9 Å². The molecule has 24 heavy (non-hydrogen) atoms. The summed E-state index contributed by atoms with van der Waals surface area (Å²) in [6.45, 7) is 1.46. The summed E-state index contributed by atoms with van der Waals surface area (Å²) in [4.78, 5) is 24.0. The molecule has 1 N–H and O–H groups in total. The van der Waals surface area contributed by atoms with Crippen LogP contribution in [0.1, 0.15) is 15.2 Å². The molecule has 9 heteroatoms. The van der Waals surface area contributed by atoms with Crippen molar-refractivity contribution in [3.63, 3.8) is 0 Å². The first kappa shape index (κ1) is 18.0. The molecule has 0 aliphatic rings. The minimum atomic E-state index is -3.93. The van der Waals surface area contributed by atoms with Gasteiger partial charge in [-0.3, -0.25) is 4.79 Å². The van der Waals surface area contributed by atoms with Crippen LogP contribution in [0.4, 0.5) is 0 Å². The lowest BCUT2D eigenvalue weighted by molar-refractivity contribution is -0.142. The average Bonchev–Trinajstić information content (AvgIpc) is 3.00. The maximum absolute atomic E-state index is 12.2. The molecule has 0 saturated heterocycles. The van der Waals surface area contributed by atoms with Crippen molar-refractivity contribution in [3.8, 4) is 5.75 Å². The first-order valence-corrected chi connectivity index (χ1v) is 9.05. The third-order valence-corrected chi connectivity index (χ3v) is 5.71. The Morgan fingerprint density at radius 3 is 2.58 bits per heavy atom. The maximum atomic E-state index is 12.2. The van der Waals surface area contributed by atoms with Gasteiger partial charge in [0.05, 0.1) is 7.11 Å². The van der Waals surface area contributed by atoms with E-state index in [1.54, 1.807) is 13.0 Å². The van der Waals surface area contributed by atoms with Crippen LogP contribution in [0.2, 0.25) is 0 Å². The monoisotopic (exact) mass is 369 g/mol. The van der Waals surface area contributed by atoms with Crippen molar-refractivity contribution in [2.24, 2.45) is 0 Å². The van der Waals surface area contributed by atoms with E-state index in [0.29, 0.717) is 0 Å². The second kappa shape index (κ2) is 7.45. The topological polar surface area (TPSA) is 98.8 Å². The first-order chi connectivity index (χ1) is 11.3. The van der Waals surface area contributed by atoms with E-state index in [-0.39, 0.29) is 22.1 Å². The smallest absolute Gasteiger partial charge is 0.343 e. The van der Waals surface area contributed by atoms with Gasteiger partial charge in [-0.2, -0.15) is 0 Å². The van der Waals surface area contributed by atoms with Gasteiger partial charge in [-0.25, -0.2) is 17.9 Å². The van der Waals surface area contributed by atoms with Gasteiger partial charge in [0.25, 0.3) is 15.9 Å². The number of hydrogen-bond donors (Lipinski definition) is 1. The zero-order chi connectivity index (χ0) is 17.7. The van der Waals surface area contributed by atoms with E-state index in [9.17, 15) is 18.0 Å². The fourth-order valence-corrected chi connectivity index (χ4v) is 3.97. The van der Waals surface area contributed by atoms with Gasteiger partial charge in [0, 0.05) is 10.4 Å². The largest absolute Gasteiger partial charge is 0.482 e. The number of carbonyl (C=O) groups is 2. The summed E-state index contributed by atoms with van der Waals surface area (Å²) in [5, 5.41) is 0. The molecule has 128 valence electrons. The predicted octanol–water partition coefficient (Wildman–Crippen LogP) is 1.73.